The van der Waals surface area contributed by atoms with Crippen molar-refractivity contribution in [2.24, 2.45) is 17.8 Å². The van der Waals surface area contributed by atoms with Gasteiger partial charge in [0.1, 0.15) is 5.60 Å². The average molecular weight is 269 g/mol. The number of fused-ring (bicyclic) bond motifs is 1. The Morgan fingerprint density at radius 3 is 2.26 bits per heavy atom. The summed E-state index contributed by atoms with van der Waals surface area (Å²) >= 11 is 0. The van der Waals surface area contributed by atoms with Crippen molar-refractivity contribution in [3.63, 3.8) is 0 Å². The van der Waals surface area contributed by atoms with Crippen molar-refractivity contribution in [2.45, 2.75) is 58.1 Å². The number of alkyl carbamates (subject to hydrolysis) is 1. The van der Waals surface area contributed by atoms with E-state index in [0.717, 1.165) is 25.7 Å². The van der Waals surface area contributed by atoms with Gasteiger partial charge in [-0.2, -0.15) is 0 Å². The van der Waals surface area contributed by atoms with Crippen LogP contribution in [-0.2, 0) is 9.53 Å². The molecular weight excluding hydrogens is 246 g/mol. The monoisotopic (exact) mass is 269 g/mol. The molecule has 2 fully saturated rings. The van der Waals surface area contributed by atoms with Gasteiger partial charge in [0.25, 0.3) is 0 Å². The number of ether oxygens (including phenoxy) is 1. The molecule has 5 heteroatoms. The molecule has 0 aliphatic heterocycles. The van der Waals surface area contributed by atoms with Crippen molar-refractivity contribution >= 4 is 12.1 Å². The van der Waals surface area contributed by atoms with Crippen LogP contribution in [-0.4, -0.2) is 28.8 Å². The minimum Gasteiger partial charge on any atom is -0.481 e. The Morgan fingerprint density at radius 2 is 1.74 bits per heavy atom. The van der Waals surface area contributed by atoms with Crippen LogP contribution in [0.15, 0.2) is 0 Å². The van der Waals surface area contributed by atoms with E-state index >= 15 is 0 Å². The number of carbonyl (C=O) groups is 2. The Balaban J connectivity index is 1.98. The van der Waals surface area contributed by atoms with E-state index in [-0.39, 0.29) is 12.0 Å². The molecule has 2 saturated carbocycles. The van der Waals surface area contributed by atoms with Crippen molar-refractivity contribution in [1.82, 2.24) is 5.32 Å². The number of hydrogen-bond acceptors (Lipinski definition) is 3. The van der Waals surface area contributed by atoms with E-state index in [2.05, 4.69) is 5.32 Å². The van der Waals surface area contributed by atoms with Gasteiger partial charge in [-0.25, -0.2) is 4.79 Å². The van der Waals surface area contributed by atoms with Crippen LogP contribution in [0.1, 0.15) is 46.5 Å². The molecule has 0 aromatic rings. The van der Waals surface area contributed by atoms with Crippen LogP contribution in [0.25, 0.3) is 0 Å². The predicted molar refractivity (Wildman–Crippen MR) is 69.7 cm³/mol. The summed E-state index contributed by atoms with van der Waals surface area (Å²) in [7, 11) is 0. The van der Waals surface area contributed by atoms with E-state index in [0.29, 0.717) is 5.92 Å². The standard InChI is InChI=1S/C14H23NO4/c1-14(2,3)19-13(18)15-11-9-7-5-4-6-8(9)10(11)12(16)17/h8-11H,4-7H2,1-3H3,(H,15,18)(H,16,17)/t8-,9+,10-,11-/m1/s1. The van der Waals surface area contributed by atoms with Crippen LogP contribution in [0.5, 0.6) is 0 Å². The molecule has 108 valence electrons. The van der Waals surface area contributed by atoms with Crippen LogP contribution in [0, 0.1) is 17.8 Å². The second kappa shape index (κ2) is 5.02. The van der Waals surface area contributed by atoms with E-state index in [9.17, 15) is 14.7 Å². The van der Waals surface area contributed by atoms with Gasteiger partial charge in [-0.15, -0.1) is 0 Å². The zero-order chi connectivity index (χ0) is 14.2. The first-order chi connectivity index (χ1) is 8.79. The largest absolute Gasteiger partial charge is 0.481 e. The third-order valence-electron chi connectivity index (χ3n) is 4.15. The molecule has 0 aromatic carbocycles. The highest BCUT2D eigenvalue weighted by Gasteiger charge is 2.55. The Hall–Kier alpha value is -1.26. The molecule has 2 aliphatic carbocycles. The fourth-order valence-corrected chi connectivity index (χ4v) is 3.44. The molecule has 4 atom stereocenters. The number of amides is 1. The van der Waals surface area contributed by atoms with Crippen molar-refractivity contribution in [2.75, 3.05) is 0 Å². The molecule has 0 unspecified atom stereocenters. The lowest BCUT2D eigenvalue weighted by Gasteiger charge is -2.52. The SMILES string of the molecule is CC(C)(C)OC(=O)N[C@@H]1[C@H]2CCCC[C@H]2[C@H]1C(=O)O. The number of rotatable bonds is 2. The average Bonchev–Trinajstić information content (AvgIpc) is 2.23. The summed E-state index contributed by atoms with van der Waals surface area (Å²) in [5.74, 6) is -0.712. The molecule has 0 heterocycles. The van der Waals surface area contributed by atoms with Gasteiger partial charge in [0.15, 0.2) is 0 Å². The lowest BCUT2D eigenvalue weighted by molar-refractivity contribution is -0.156. The zero-order valence-corrected chi connectivity index (χ0v) is 11.8. The van der Waals surface area contributed by atoms with Crippen LogP contribution >= 0.6 is 0 Å². The molecule has 2 N–H and O–H groups in total. The van der Waals surface area contributed by atoms with E-state index in [1.54, 1.807) is 20.8 Å². The number of aliphatic carboxylic acids is 1. The molecule has 0 aromatic heterocycles. The lowest BCUT2D eigenvalue weighted by Crippen LogP contribution is -2.63. The van der Waals surface area contributed by atoms with Crippen molar-refractivity contribution in [3.05, 3.63) is 0 Å². The third-order valence-corrected chi connectivity index (χ3v) is 4.15. The van der Waals surface area contributed by atoms with Gasteiger partial charge in [0.2, 0.25) is 0 Å². The summed E-state index contributed by atoms with van der Waals surface area (Å²) in [6.45, 7) is 5.39. The predicted octanol–water partition coefficient (Wildman–Crippen LogP) is 2.40. The Bertz CT molecular complexity index is 374. The molecule has 0 bridgehead atoms. The number of carboxylic acid groups (broad SMARTS) is 1. The van der Waals surface area contributed by atoms with Gasteiger partial charge in [0, 0.05) is 6.04 Å². The van der Waals surface area contributed by atoms with Gasteiger partial charge in [-0.1, -0.05) is 12.8 Å². The first-order valence-corrected chi connectivity index (χ1v) is 7.02. The maximum atomic E-state index is 11.8. The van der Waals surface area contributed by atoms with Crippen molar-refractivity contribution < 1.29 is 19.4 Å². The van der Waals surface area contributed by atoms with Crippen molar-refractivity contribution in [3.8, 4) is 0 Å². The van der Waals surface area contributed by atoms with E-state index in [1.807, 2.05) is 0 Å². The molecule has 0 saturated heterocycles. The molecule has 2 rings (SSSR count). The second-order valence-electron chi connectivity index (χ2n) is 6.65. The van der Waals surface area contributed by atoms with Gasteiger partial charge in [-0.05, 0) is 45.4 Å². The van der Waals surface area contributed by atoms with Gasteiger partial charge >= 0.3 is 12.1 Å². The summed E-state index contributed by atoms with van der Waals surface area (Å²) in [5.41, 5.74) is -0.557. The zero-order valence-electron chi connectivity index (χ0n) is 11.8. The Labute approximate surface area is 113 Å². The number of carbonyl (C=O) groups excluding carboxylic acids is 1. The van der Waals surface area contributed by atoms with Crippen LogP contribution in [0.2, 0.25) is 0 Å². The highest BCUT2D eigenvalue weighted by Crippen LogP contribution is 2.49. The van der Waals surface area contributed by atoms with Crippen LogP contribution < -0.4 is 5.32 Å². The second-order valence-corrected chi connectivity index (χ2v) is 6.65. The molecular formula is C14H23NO4. The molecule has 19 heavy (non-hydrogen) atoms. The van der Waals surface area contributed by atoms with Crippen LogP contribution in [0.4, 0.5) is 4.79 Å². The third kappa shape index (κ3) is 3.01. The lowest BCUT2D eigenvalue weighted by atomic mass is 9.55. The van der Waals surface area contributed by atoms with Crippen LogP contribution in [0.3, 0.4) is 0 Å². The van der Waals surface area contributed by atoms with Gasteiger partial charge < -0.3 is 15.2 Å². The van der Waals surface area contributed by atoms with E-state index in [4.69, 9.17) is 4.74 Å². The molecule has 0 spiro atoms. The summed E-state index contributed by atoms with van der Waals surface area (Å²) in [6, 6.07) is -0.266. The fraction of sp³-hybridized carbons (Fsp3) is 0.857. The molecule has 0 radical (unpaired) electrons. The van der Waals surface area contributed by atoms with Crippen molar-refractivity contribution in [1.29, 1.82) is 0 Å². The van der Waals surface area contributed by atoms with Gasteiger partial charge in [-0.3, -0.25) is 4.79 Å². The number of nitrogens with one attached hydrogen (secondary N) is 1. The maximum Gasteiger partial charge on any atom is 0.407 e. The summed E-state index contributed by atoms with van der Waals surface area (Å²) in [6.07, 6.45) is 3.69. The normalized spacial score (nSPS) is 33.8. The molecule has 2 aliphatic rings. The van der Waals surface area contributed by atoms with E-state index in [1.165, 1.54) is 0 Å². The summed E-state index contributed by atoms with van der Waals surface area (Å²) < 4.78 is 5.21. The smallest absolute Gasteiger partial charge is 0.407 e. The minimum absolute atomic E-state index is 0.228. The summed E-state index contributed by atoms with van der Waals surface area (Å²) in [4.78, 5) is 23.1. The molecule has 1 amide bonds. The number of hydrogen-bond donors (Lipinski definition) is 2. The fourth-order valence-electron chi connectivity index (χ4n) is 3.44. The maximum absolute atomic E-state index is 11.8. The highest BCUT2D eigenvalue weighted by molar-refractivity contribution is 5.75. The minimum atomic E-state index is -0.802. The Morgan fingerprint density at radius 1 is 1.16 bits per heavy atom. The summed E-state index contributed by atoms with van der Waals surface area (Å²) in [5, 5.41) is 12.1. The quantitative estimate of drug-likeness (QED) is 0.807. The van der Waals surface area contributed by atoms with Gasteiger partial charge in [0.05, 0.1) is 5.92 Å². The van der Waals surface area contributed by atoms with E-state index < -0.39 is 23.6 Å². The Kier molecular flexibility index (Phi) is 3.74. The first kappa shape index (κ1) is 14.2. The highest BCUT2D eigenvalue weighted by atomic mass is 16.6. The number of carboxylic acids is 1. The first-order valence-electron chi connectivity index (χ1n) is 7.02. The topological polar surface area (TPSA) is 75.6 Å². The molecule has 5 nitrogen and oxygen atoms in total.